The summed E-state index contributed by atoms with van der Waals surface area (Å²) in [4.78, 5) is 22.2. The summed E-state index contributed by atoms with van der Waals surface area (Å²) < 4.78 is 5.03. The second-order valence-corrected chi connectivity index (χ2v) is 4.87. The maximum Gasteiger partial charge on any atom is 0.407 e. The first-order valence-electron chi connectivity index (χ1n) is 6.46. The van der Waals surface area contributed by atoms with E-state index in [0.29, 0.717) is 13.2 Å². The third-order valence-electron chi connectivity index (χ3n) is 3.55. The van der Waals surface area contributed by atoms with Crippen molar-refractivity contribution in [1.29, 1.82) is 0 Å². The quantitative estimate of drug-likeness (QED) is 0.560. The summed E-state index contributed by atoms with van der Waals surface area (Å²) in [6, 6.07) is -0.391. The maximum atomic E-state index is 11.3. The van der Waals surface area contributed by atoms with Crippen LogP contribution in [0.2, 0.25) is 0 Å². The minimum absolute atomic E-state index is 0.132. The van der Waals surface area contributed by atoms with Gasteiger partial charge < -0.3 is 15.4 Å². The van der Waals surface area contributed by atoms with E-state index in [1.54, 1.807) is 0 Å². The molecule has 1 heterocycles. The van der Waals surface area contributed by atoms with E-state index in [4.69, 9.17) is 4.74 Å². The van der Waals surface area contributed by atoms with Gasteiger partial charge in [0.1, 0.15) is 6.04 Å². The van der Waals surface area contributed by atoms with Crippen molar-refractivity contribution in [1.82, 2.24) is 10.6 Å². The van der Waals surface area contributed by atoms with E-state index in [1.165, 1.54) is 25.7 Å². The average molecular weight is 240 g/mol. The molecule has 2 aliphatic rings. The van der Waals surface area contributed by atoms with E-state index in [0.717, 1.165) is 18.8 Å². The van der Waals surface area contributed by atoms with Crippen molar-refractivity contribution in [3.05, 3.63) is 0 Å². The molecule has 1 saturated heterocycles. The number of β-lactam (4-membered cyclic amide) rings is 1. The molecule has 0 aromatic heterocycles. The molecule has 5 heteroatoms. The van der Waals surface area contributed by atoms with Crippen molar-refractivity contribution >= 4 is 12.0 Å². The van der Waals surface area contributed by atoms with Gasteiger partial charge in [-0.1, -0.05) is 25.7 Å². The molecular weight excluding hydrogens is 220 g/mol. The van der Waals surface area contributed by atoms with Gasteiger partial charge in [0, 0.05) is 6.54 Å². The summed E-state index contributed by atoms with van der Waals surface area (Å²) in [6.45, 7) is 0.965. The van der Waals surface area contributed by atoms with Crippen molar-refractivity contribution in [2.75, 3.05) is 13.2 Å². The van der Waals surface area contributed by atoms with Crippen LogP contribution in [-0.4, -0.2) is 31.2 Å². The van der Waals surface area contributed by atoms with Crippen molar-refractivity contribution in [3.63, 3.8) is 0 Å². The van der Waals surface area contributed by atoms with Crippen LogP contribution >= 0.6 is 0 Å². The largest absolute Gasteiger partial charge is 0.450 e. The van der Waals surface area contributed by atoms with Crippen LogP contribution in [0.3, 0.4) is 0 Å². The monoisotopic (exact) mass is 240 g/mol. The number of alkyl carbamates (subject to hydrolysis) is 1. The van der Waals surface area contributed by atoms with Crippen LogP contribution < -0.4 is 10.6 Å². The Morgan fingerprint density at radius 2 is 2.18 bits per heavy atom. The second-order valence-electron chi connectivity index (χ2n) is 4.87. The lowest BCUT2D eigenvalue weighted by molar-refractivity contribution is -0.128. The van der Waals surface area contributed by atoms with Crippen LogP contribution in [0.25, 0.3) is 0 Å². The molecule has 1 aliphatic heterocycles. The first kappa shape index (κ1) is 12.2. The fraction of sp³-hybridized carbons (Fsp3) is 0.833. The number of hydrogen-bond donors (Lipinski definition) is 2. The molecule has 0 radical (unpaired) electrons. The van der Waals surface area contributed by atoms with Gasteiger partial charge in [-0.3, -0.25) is 4.79 Å². The number of ether oxygens (including phenoxy) is 1. The molecule has 2 N–H and O–H groups in total. The topological polar surface area (TPSA) is 67.4 Å². The molecule has 1 saturated carbocycles. The number of carbonyl (C=O) groups excluding carboxylic acids is 2. The molecule has 1 aliphatic carbocycles. The van der Waals surface area contributed by atoms with E-state index in [9.17, 15) is 9.59 Å². The minimum Gasteiger partial charge on any atom is -0.450 e. The molecule has 0 bridgehead atoms. The number of amides is 2. The average Bonchev–Trinajstić information content (AvgIpc) is 2.83. The molecule has 5 nitrogen and oxygen atoms in total. The number of carbonyl (C=O) groups is 2. The lowest BCUT2D eigenvalue weighted by Crippen LogP contribution is -2.61. The van der Waals surface area contributed by atoms with Crippen molar-refractivity contribution in [3.8, 4) is 0 Å². The summed E-state index contributed by atoms with van der Waals surface area (Å²) in [6.07, 6.45) is 6.96. The normalized spacial score (nSPS) is 24.0. The third-order valence-corrected chi connectivity index (χ3v) is 3.55. The smallest absolute Gasteiger partial charge is 0.407 e. The Hall–Kier alpha value is -1.26. The van der Waals surface area contributed by atoms with Crippen molar-refractivity contribution < 1.29 is 14.3 Å². The molecular formula is C12H20N2O3. The molecule has 0 aromatic rings. The van der Waals surface area contributed by atoms with Crippen LogP contribution in [-0.2, 0) is 9.53 Å². The number of hydrogen-bond acceptors (Lipinski definition) is 3. The highest BCUT2D eigenvalue weighted by Gasteiger charge is 2.29. The lowest BCUT2D eigenvalue weighted by atomic mass is 10.0. The van der Waals surface area contributed by atoms with Gasteiger partial charge in [0.05, 0.1) is 6.61 Å². The molecule has 2 amide bonds. The van der Waals surface area contributed by atoms with Crippen molar-refractivity contribution in [2.45, 2.75) is 44.6 Å². The Morgan fingerprint density at radius 3 is 2.76 bits per heavy atom. The highest BCUT2D eigenvalue weighted by atomic mass is 16.5. The van der Waals surface area contributed by atoms with Gasteiger partial charge in [-0.05, 0) is 18.8 Å². The van der Waals surface area contributed by atoms with E-state index >= 15 is 0 Å². The highest BCUT2D eigenvalue weighted by Crippen LogP contribution is 2.28. The van der Waals surface area contributed by atoms with Crippen LogP contribution in [0.5, 0.6) is 0 Å². The first-order valence-corrected chi connectivity index (χ1v) is 6.46. The fourth-order valence-electron chi connectivity index (χ4n) is 2.42. The van der Waals surface area contributed by atoms with E-state index in [-0.39, 0.29) is 5.91 Å². The second kappa shape index (κ2) is 5.89. The van der Waals surface area contributed by atoms with Gasteiger partial charge >= 0.3 is 6.09 Å². The molecule has 2 rings (SSSR count). The Bertz CT molecular complexity index is 287. The molecule has 0 spiro atoms. The predicted octanol–water partition coefficient (Wildman–Crippen LogP) is 1.18. The van der Waals surface area contributed by atoms with E-state index < -0.39 is 12.1 Å². The third kappa shape index (κ3) is 3.61. The molecule has 17 heavy (non-hydrogen) atoms. The first-order chi connectivity index (χ1) is 8.25. The molecule has 2 fully saturated rings. The number of nitrogens with one attached hydrogen (secondary N) is 2. The van der Waals surface area contributed by atoms with E-state index in [1.807, 2.05) is 0 Å². The Balaban J connectivity index is 1.49. The van der Waals surface area contributed by atoms with Crippen LogP contribution in [0.15, 0.2) is 0 Å². The van der Waals surface area contributed by atoms with Gasteiger partial charge in [-0.25, -0.2) is 4.79 Å². The Kier molecular flexibility index (Phi) is 4.23. The van der Waals surface area contributed by atoms with Crippen LogP contribution in [0.1, 0.15) is 38.5 Å². The van der Waals surface area contributed by atoms with Gasteiger partial charge in [0.2, 0.25) is 5.91 Å². The predicted molar refractivity (Wildman–Crippen MR) is 62.5 cm³/mol. The number of rotatable bonds is 5. The zero-order valence-electron chi connectivity index (χ0n) is 10.0. The maximum absolute atomic E-state index is 11.3. The summed E-state index contributed by atoms with van der Waals surface area (Å²) in [5.74, 6) is 0.701. The van der Waals surface area contributed by atoms with E-state index in [2.05, 4.69) is 10.6 Å². The molecule has 0 aromatic carbocycles. The summed E-state index contributed by atoms with van der Waals surface area (Å²) in [5.41, 5.74) is 0. The summed E-state index contributed by atoms with van der Waals surface area (Å²) >= 11 is 0. The minimum atomic E-state index is -0.476. The summed E-state index contributed by atoms with van der Waals surface area (Å²) in [7, 11) is 0. The zero-order valence-corrected chi connectivity index (χ0v) is 10.0. The van der Waals surface area contributed by atoms with Gasteiger partial charge in [-0.15, -0.1) is 0 Å². The summed E-state index contributed by atoms with van der Waals surface area (Å²) in [5, 5.41) is 5.08. The molecule has 1 atom stereocenters. The SMILES string of the molecule is O=C(N[C@H]1CNC1=O)OCCCC1CCCC1. The van der Waals surface area contributed by atoms with Crippen molar-refractivity contribution in [2.24, 2.45) is 5.92 Å². The standard InChI is InChI=1S/C12H20N2O3/c15-11-10(8-13-11)14-12(16)17-7-3-6-9-4-1-2-5-9/h9-10H,1-8H2,(H,13,15)(H,14,16)/t10-/m0/s1. The lowest BCUT2D eigenvalue weighted by Gasteiger charge is -2.26. The molecule has 96 valence electrons. The zero-order chi connectivity index (χ0) is 12.1. The Morgan fingerprint density at radius 1 is 1.41 bits per heavy atom. The van der Waals surface area contributed by atoms with Gasteiger partial charge in [0.25, 0.3) is 0 Å². The molecule has 0 unspecified atom stereocenters. The van der Waals surface area contributed by atoms with Crippen LogP contribution in [0, 0.1) is 5.92 Å². The Labute approximate surface area is 101 Å². The van der Waals surface area contributed by atoms with Crippen LogP contribution in [0.4, 0.5) is 4.79 Å². The van der Waals surface area contributed by atoms with Gasteiger partial charge in [-0.2, -0.15) is 0 Å². The highest BCUT2D eigenvalue weighted by molar-refractivity contribution is 5.90. The fourth-order valence-corrected chi connectivity index (χ4v) is 2.42. The van der Waals surface area contributed by atoms with Gasteiger partial charge in [0.15, 0.2) is 0 Å².